The standard InChI is InChI=1S/C18H17N3O5/c1-11(25-16-9-15(26-21-16)18(23)20-24)10-19-17(22)14-8-4-6-12-5-2-3-7-13(12)14/h2-9,11,24H,10H2,1H3,(H,19,22)(H,20,23)/t11-/m1/s1. The summed E-state index contributed by atoms with van der Waals surface area (Å²) in [4.78, 5) is 23.7. The molecule has 1 heterocycles. The third-order valence-corrected chi connectivity index (χ3v) is 3.72. The van der Waals surface area contributed by atoms with Crippen molar-refractivity contribution in [3.8, 4) is 5.88 Å². The molecule has 3 aromatic rings. The molecule has 0 aliphatic carbocycles. The SMILES string of the molecule is C[C@H](CNC(=O)c1cccc2ccccc12)Oc1cc(C(=O)NO)on1. The zero-order valence-corrected chi connectivity index (χ0v) is 13.9. The zero-order chi connectivity index (χ0) is 18.5. The maximum atomic E-state index is 12.5. The highest BCUT2D eigenvalue weighted by molar-refractivity contribution is 6.07. The summed E-state index contributed by atoms with van der Waals surface area (Å²) in [7, 11) is 0. The van der Waals surface area contributed by atoms with Crippen LogP contribution in [0.25, 0.3) is 10.8 Å². The molecular weight excluding hydrogens is 338 g/mol. The van der Waals surface area contributed by atoms with Crippen LogP contribution >= 0.6 is 0 Å². The summed E-state index contributed by atoms with van der Waals surface area (Å²) < 4.78 is 10.2. The Kier molecular flexibility index (Phi) is 5.14. The second-order valence-electron chi connectivity index (χ2n) is 5.64. The molecule has 2 aromatic carbocycles. The first-order valence-corrected chi connectivity index (χ1v) is 7.92. The largest absolute Gasteiger partial charge is 0.471 e. The summed E-state index contributed by atoms with van der Waals surface area (Å²) >= 11 is 0. The average Bonchev–Trinajstić information content (AvgIpc) is 3.13. The van der Waals surface area contributed by atoms with Crippen molar-refractivity contribution in [1.29, 1.82) is 0 Å². The second-order valence-corrected chi connectivity index (χ2v) is 5.64. The predicted octanol–water partition coefficient (Wildman–Crippen LogP) is 2.14. The minimum Gasteiger partial charge on any atom is -0.471 e. The maximum absolute atomic E-state index is 12.5. The molecule has 0 bridgehead atoms. The minimum atomic E-state index is -0.829. The molecule has 0 spiro atoms. The summed E-state index contributed by atoms with van der Waals surface area (Å²) in [5.74, 6) is -1.15. The lowest BCUT2D eigenvalue weighted by Crippen LogP contribution is -2.33. The Hall–Kier alpha value is -3.39. The van der Waals surface area contributed by atoms with Crippen LogP contribution in [0.4, 0.5) is 0 Å². The van der Waals surface area contributed by atoms with Crippen LogP contribution in [0.5, 0.6) is 5.88 Å². The van der Waals surface area contributed by atoms with E-state index in [0.29, 0.717) is 5.56 Å². The molecule has 1 aromatic heterocycles. The summed E-state index contributed by atoms with van der Waals surface area (Å²) in [6.45, 7) is 1.97. The monoisotopic (exact) mass is 355 g/mol. The molecule has 0 radical (unpaired) electrons. The number of carbonyl (C=O) groups excluding carboxylic acids is 2. The highest BCUT2D eigenvalue weighted by Crippen LogP contribution is 2.18. The number of hydrogen-bond acceptors (Lipinski definition) is 6. The molecule has 8 heteroatoms. The predicted molar refractivity (Wildman–Crippen MR) is 92.1 cm³/mol. The van der Waals surface area contributed by atoms with Gasteiger partial charge in [0.15, 0.2) is 0 Å². The second kappa shape index (κ2) is 7.66. The summed E-state index contributed by atoms with van der Waals surface area (Å²) in [5.41, 5.74) is 2.02. The van der Waals surface area contributed by atoms with Crippen LogP contribution < -0.4 is 15.5 Å². The van der Waals surface area contributed by atoms with Crippen molar-refractivity contribution in [3.63, 3.8) is 0 Å². The highest BCUT2D eigenvalue weighted by Gasteiger charge is 2.16. The van der Waals surface area contributed by atoms with Gasteiger partial charge in [0.1, 0.15) is 6.10 Å². The van der Waals surface area contributed by atoms with Crippen molar-refractivity contribution in [2.75, 3.05) is 6.54 Å². The Bertz CT molecular complexity index is 932. The fraction of sp³-hybridized carbons (Fsp3) is 0.167. The van der Waals surface area contributed by atoms with E-state index in [2.05, 4.69) is 10.5 Å². The molecule has 0 unspecified atom stereocenters. The van der Waals surface area contributed by atoms with Gasteiger partial charge < -0.3 is 14.6 Å². The van der Waals surface area contributed by atoms with Crippen LogP contribution in [0, 0.1) is 0 Å². The van der Waals surface area contributed by atoms with Gasteiger partial charge >= 0.3 is 5.91 Å². The molecule has 1 atom stereocenters. The maximum Gasteiger partial charge on any atom is 0.313 e. The topological polar surface area (TPSA) is 114 Å². The van der Waals surface area contributed by atoms with E-state index in [9.17, 15) is 9.59 Å². The van der Waals surface area contributed by atoms with E-state index < -0.39 is 12.0 Å². The van der Waals surface area contributed by atoms with Crippen LogP contribution in [-0.4, -0.2) is 34.8 Å². The number of carbonyl (C=O) groups is 2. The Morgan fingerprint density at radius 1 is 1.19 bits per heavy atom. The first-order chi connectivity index (χ1) is 12.6. The summed E-state index contributed by atoms with van der Waals surface area (Å²) in [6.07, 6.45) is -0.413. The highest BCUT2D eigenvalue weighted by atomic mass is 16.5. The van der Waals surface area contributed by atoms with Crippen LogP contribution in [0.3, 0.4) is 0 Å². The summed E-state index contributed by atoms with van der Waals surface area (Å²) in [5, 5.41) is 16.8. The first kappa shape index (κ1) is 17.4. The van der Waals surface area contributed by atoms with Crippen LogP contribution in [0.15, 0.2) is 53.1 Å². The van der Waals surface area contributed by atoms with E-state index >= 15 is 0 Å². The lowest BCUT2D eigenvalue weighted by Gasteiger charge is -2.13. The van der Waals surface area contributed by atoms with Crippen molar-refractivity contribution in [3.05, 3.63) is 59.9 Å². The zero-order valence-electron chi connectivity index (χ0n) is 13.9. The number of fused-ring (bicyclic) bond motifs is 1. The molecule has 134 valence electrons. The van der Waals surface area contributed by atoms with Gasteiger partial charge in [-0.15, -0.1) is 0 Å². The number of aromatic nitrogens is 1. The van der Waals surface area contributed by atoms with E-state index in [1.54, 1.807) is 13.0 Å². The van der Waals surface area contributed by atoms with Gasteiger partial charge in [0.05, 0.1) is 12.6 Å². The smallest absolute Gasteiger partial charge is 0.313 e. The molecule has 0 saturated carbocycles. The molecule has 26 heavy (non-hydrogen) atoms. The van der Waals surface area contributed by atoms with Gasteiger partial charge in [0.2, 0.25) is 5.76 Å². The minimum absolute atomic E-state index is 0.0792. The number of hydrogen-bond donors (Lipinski definition) is 3. The van der Waals surface area contributed by atoms with Crippen LogP contribution in [0.2, 0.25) is 0 Å². The van der Waals surface area contributed by atoms with E-state index in [1.165, 1.54) is 11.5 Å². The van der Waals surface area contributed by atoms with Crippen molar-refractivity contribution >= 4 is 22.6 Å². The lowest BCUT2D eigenvalue weighted by molar-refractivity contribution is 0.0666. The van der Waals surface area contributed by atoms with Gasteiger partial charge in [-0.25, -0.2) is 5.48 Å². The van der Waals surface area contributed by atoms with Gasteiger partial charge in [0.25, 0.3) is 11.8 Å². The molecular formula is C18H17N3O5. The average molecular weight is 355 g/mol. The molecule has 8 nitrogen and oxygen atoms in total. The Balaban J connectivity index is 1.60. The van der Waals surface area contributed by atoms with Crippen LogP contribution in [0.1, 0.15) is 27.8 Å². The first-order valence-electron chi connectivity index (χ1n) is 7.92. The lowest BCUT2D eigenvalue weighted by atomic mass is 10.0. The molecule has 3 N–H and O–H groups in total. The normalized spacial score (nSPS) is 11.8. The number of amides is 2. The molecule has 0 aliphatic heterocycles. The molecule has 3 rings (SSSR count). The van der Waals surface area contributed by atoms with Gasteiger partial charge in [0, 0.05) is 5.56 Å². The number of nitrogens with one attached hydrogen (secondary N) is 2. The van der Waals surface area contributed by atoms with Gasteiger partial charge in [-0.3, -0.25) is 14.8 Å². The number of ether oxygens (including phenoxy) is 1. The van der Waals surface area contributed by atoms with Crippen molar-refractivity contribution < 1.29 is 24.1 Å². The van der Waals surface area contributed by atoms with E-state index in [0.717, 1.165) is 10.8 Å². The van der Waals surface area contributed by atoms with E-state index in [4.69, 9.17) is 14.5 Å². The summed E-state index contributed by atoms with van der Waals surface area (Å²) in [6, 6.07) is 14.4. The molecule has 0 fully saturated rings. The van der Waals surface area contributed by atoms with Crippen molar-refractivity contribution in [1.82, 2.24) is 16.0 Å². The van der Waals surface area contributed by atoms with Crippen molar-refractivity contribution in [2.24, 2.45) is 0 Å². The Morgan fingerprint density at radius 3 is 2.77 bits per heavy atom. The number of hydroxylamine groups is 1. The molecule has 0 aliphatic rings. The quantitative estimate of drug-likeness (QED) is 0.461. The van der Waals surface area contributed by atoms with E-state index in [1.807, 2.05) is 36.4 Å². The Labute approximate surface area is 148 Å². The van der Waals surface area contributed by atoms with Gasteiger partial charge in [-0.2, -0.15) is 0 Å². The molecule has 0 saturated heterocycles. The van der Waals surface area contributed by atoms with Gasteiger partial charge in [-0.1, -0.05) is 36.4 Å². The number of benzene rings is 2. The van der Waals surface area contributed by atoms with E-state index in [-0.39, 0.29) is 24.1 Å². The third-order valence-electron chi connectivity index (χ3n) is 3.72. The number of rotatable bonds is 6. The van der Waals surface area contributed by atoms with Gasteiger partial charge in [-0.05, 0) is 28.9 Å². The third kappa shape index (κ3) is 3.81. The fourth-order valence-electron chi connectivity index (χ4n) is 2.48. The van der Waals surface area contributed by atoms with Crippen LogP contribution in [-0.2, 0) is 0 Å². The Morgan fingerprint density at radius 2 is 1.96 bits per heavy atom. The number of nitrogens with zero attached hydrogens (tertiary/aromatic N) is 1. The van der Waals surface area contributed by atoms with Crippen molar-refractivity contribution in [2.45, 2.75) is 13.0 Å². The fourth-order valence-corrected chi connectivity index (χ4v) is 2.48. The molecule has 2 amide bonds.